The standard InChI is InChI=1S/C28H23F10NO2/c1-14(2)4-24(25(40)41-3)17-5-15(16-6-18(26(30,31)32)11-21(29)7-16)8-22(9-17)39-23-12-19(27(33,34)35)10-20(13-23)28(36,37)38/h5-14,24,39H,4H2,1-3H3. The first-order valence-electron chi connectivity index (χ1n) is 12.0. The Balaban J connectivity index is 2.26. The molecule has 0 radical (unpaired) electrons. The lowest BCUT2D eigenvalue weighted by Gasteiger charge is -2.21. The van der Waals surface area contributed by atoms with E-state index < -0.39 is 58.6 Å². The van der Waals surface area contributed by atoms with Gasteiger partial charge < -0.3 is 10.1 Å². The lowest BCUT2D eigenvalue weighted by atomic mass is 9.88. The number of methoxy groups -OCH3 is 1. The van der Waals surface area contributed by atoms with Crippen molar-refractivity contribution in [3.8, 4) is 11.1 Å². The van der Waals surface area contributed by atoms with E-state index in [2.05, 4.69) is 5.32 Å². The molecule has 0 amide bonds. The lowest BCUT2D eigenvalue weighted by Crippen LogP contribution is -2.17. The van der Waals surface area contributed by atoms with E-state index in [4.69, 9.17) is 4.74 Å². The summed E-state index contributed by atoms with van der Waals surface area (Å²) >= 11 is 0. The predicted octanol–water partition coefficient (Wildman–Crippen LogP) is 9.60. The summed E-state index contributed by atoms with van der Waals surface area (Å²) < 4.78 is 139. The summed E-state index contributed by atoms with van der Waals surface area (Å²) in [5.41, 5.74) is -5.58. The zero-order valence-electron chi connectivity index (χ0n) is 21.7. The second-order valence-electron chi connectivity index (χ2n) is 9.69. The molecule has 41 heavy (non-hydrogen) atoms. The minimum Gasteiger partial charge on any atom is -0.469 e. The maximum atomic E-state index is 14.2. The van der Waals surface area contributed by atoms with Gasteiger partial charge in [-0.25, -0.2) is 4.39 Å². The summed E-state index contributed by atoms with van der Waals surface area (Å²) in [6.45, 7) is 3.53. The Morgan fingerprint density at radius 2 is 1.20 bits per heavy atom. The largest absolute Gasteiger partial charge is 0.469 e. The van der Waals surface area contributed by atoms with E-state index in [1.807, 2.05) is 0 Å². The molecule has 222 valence electrons. The van der Waals surface area contributed by atoms with E-state index in [1.54, 1.807) is 13.8 Å². The van der Waals surface area contributed by atoms with E-state index in [1.165, 1.54) is 12.1 Å². The lowest BCUT2D eigenvalue weighted by molar-refractivity contribution is -0.144. The van der Waals surface area contributed by atoms with Gasteiger partial charge in [-0.3, -0.25) is 4.79 Å². The fourth-order valence-electron chi connectivity index (χ4n) is 4.19. The molecular weight excluding hydrogens is 572 g/mol. The highest BCUT2D eigenvalue weighted by atomic mass is 19.4. The average Bonchev–Trinajstić information content (AvgIpc) is 2.84. The summed E-state index contributed by atoms with van der Waals surface area (Å²) in [5.74, 6) is -3.10. The van der Waals surface area contributed by atoms with Crippen LogP contribution in [0, 0.1) is 11.7 Å². The molecular formula is C28H23F10NO2. The van der Waals surface area contributed by atoms with Gasteiger partial charge in [-0.1, -0.05) is 19.9 Å². The second-order valence-corrected chi connectivity index (χ2v) is 9.69. The average molecular weight is 595 g/mol. The molecule has 13 heteroatoms. The maximum absolute atomic E-state index is 14.2. The van der Waals surface area contributed by atoms with Gasteiger partial charge in [0, 0.05) is 11.4 Å². The number of carbonyl (C=O) groups excluding carboxylic acids is 1. The molecule has 0 heterocycles. The molecule has 1 atom stereocenters. The number of hydrogen-bond acceptors (Lipinski definition) is 3. The van der Waals surface area contributed by atoms with Gasteiger partial charge in [0.15, 0.2) is 0 Å². The maximum Gasteiger partial charge on any atom is 0.416 e. The first-order valence-corrected chi connectivity index (χ1v) is 12.0. The van der Waals surface area contributed by atoms with Crippen LogP contribution < -0.4 is 5.32 Å². The summed E-state index contributed by atoms with van der Waals surface area (Å²) in [6.07, 6.45) is -15.0. The number of carbonyl (C=O) groups is 1. The smallest absolute Gasteiger partial charge is 0.416 e. The highest BCUT2D eigenvalue weighted by molar-refractivity contribution is 5.81. The van der Waals surface area contributed by atoms with Gasteiger partial charge in [0.2, 0.25) is 0 Å². The van der Waals surface area contributed by atoms with Gasteiger partial charge in [0.25, 0.3) is 0 Å². The van der Waals surface area contributed by atoms with E-state index in [9.17, 15) is 48.7 Å². The molecule has 0 saturated heterocycles. The number of esters is 1. The molecule has 0 bridgehead atoms. The summed E-state index contributed by atoms with van der Waals surface area (Å²) in [6, 6.07) is 6.14. The highest BCUT2D eigenvalue weighted by Crippen LogP contribution is 2.40. The summed E-state index contributed by atoms with van der Waals surface area (Å²) in [7, 11) is 1.10. The Labute approximate surface area is 228 Å². The van der Waals surface area contributed by atoms with Crippen LogP contribution in [0.2, 0.25) is 0 Å². The van der Waals surface area contributed by atoms with Crippen molar-refractivity contribution < 1.29 is 53.4 Å². The monoisotopic (exact) mass is 595 g/mol. The Bertz CT molecular complexity index is 1380. The SMILES string of the molecule is COC(=O)C(CC(C)C)c1cc(Nc2cc(C(F)(F)F)cc(C(F)(F)F)c2)cc(-c2cc(F)cc(C(F)(F)F)c2)c1. The molecule has 0 aliphatic rings. The van der Waals surface area contributed by atoms with Gasteiger partial charge in [-0.05, 0) is 77.6 Å². The van der Waals surface area contributed by atoms with E-state index >= 15 is 0 Å². The van der Waals surface area contributed by atoms with Gasteiger partial charge in [0.1, 0.15) is 5.82 Å². The first-order chi connectivity index (χ1) is 18.8. The number of benzene rings is 3. The minimum atomic E-state index is -5.13. The van der Waals surface area contributed by atoms with Crippen LogP contribution in [0.4, 0.5) is 55.3 Å². The Morgan fingerprint density at radius 1 is 0.707 bits per heavy atom. The second kappa shape index (κ2) is 11.6. The molecule has 0 spiro atoms. The number of ether oxygens (including phenoxy) is 1. The van der Waals surface area contributed by atoms with Gasteiger partial charge in [-0.15, -0.1) is 0 Å². The van der Waals surface area contributed by atoms with Crippen molar-refractivity contribution in [1.82, 2.24) is 0 Å². The number of rotatable bonds is 7. The van der Waals surface area contributed by atoms with Crippen LogP contribution in [0.5, 0.6) is 0 Å². The molecule has 0 aliphatic carbocycles. The molecule has 3 rings (SSSR count). The van der Waals surface area contributed by atoms with Crippen LogP contribution >= 0.6 is 0 Å². The first kappa shape index (κ1) is 31.8. The van der Waals surface area contributed by atoms with Crippen molar-refractivity contribution in [2.75, 3.05) is 12.4 Å². The molecule has 0 aromatic heterocycles. The zero-order valence-corrected chi connectivity index (χ0v) is 21.7. The normalized spacial score (nSPS) is 13.3. The van der Waals surface area contributed by atoms with Crippen molar-refractivity contribution in [2.45, 2.75) is 44.7 Å². The summed E-state index contributed by atoms with van der Waals surface area (Å²) in [4.78, 5) is 12.6. The highest BCUT2D eigenvalue weighted by Gasteiger charge is 2.37. The van der Waals surface area contributed by atoms with Crippen molar-refractivity contribution in [3.63, 3.8) is 0 Å². The number of halogens is 10. The number of hydrogen-bond donors (Lipinski definition) is 1. The molecule has 3 aromatic rings. The van der Waals surface area contributed by atoms with Crippen LogP contribution in [0.3, 0.4) is 0 Å². The Morgan fingerprint density at radius 3 is 1.68 bits per heavy atom. The zero-order chi connectivity index (χ0) is 30.9. The van der Waals surface area contributed by atoms with Crippen molar-refractivity contribution in [2.24, 2.45) is 5.92 Å². The molecule has 0 fully saturated rings. The van der Waals surface area contributed by atoms with Gasteiger partial charge in [-0.2, -0.15) is 39.5 Å². The third-order valence-corrected chi connectivity index (χ3v) is 5.99. The third kappa shape index (κ3) is 8.14. The quantitative estimate of drug-likeness (QED) is 0.218. The minimum absolute atomic E-state index is 0.0611. The number of alkyl halides is 9. The number of anilines is 2. The fraction of sp³-hybridized carbons (Fsp3) is 0.321. The van der Waals surface area contributed by atoms with E-state index in [-0.39, 0.29) is 46.8 Å². The molecule has 0 saturated carbocycles. The van der Waals surface area contributed by atoms with Crippen LogP contribution in [0.1, 0.15) is 48.4 Å². The number of nitrogens with one attached hydrogen (secondary N) is 1. The Kier molecular flexibility index (Phi) is 8.99. The van der Waals surface area contributed by atoms with Gasteiger partial charge >= 0.3 is 24.5 Å². The van der Waals surface area contributed by atoms with Crippen LogP contribution in [0.15, 0.2) is 54.6 Å². The predicted molar refractivity (Wildman–Crippen MR) is 131 cm³/mol. The van der Waals surface area contributed by atoms with E-state index in [0.717, 1.165) is 19.2 Å². The fourth-order valence-corrected chi connectivity index (χ4v) is 4.19. The van der Waals surface area contributed by atoms with Crippen LogP contribution in [-0.4, -0.2) is 13.1 Å². The van der Waals surface area contributed by atoms with Crippen molar-refractivity contribution in [3.05, 3.63) is 82.7 Å². The van der Waals surface area contributed by atoms with E-state index in [0.29, 0.717) is 18.2 Å². The molecule has 1 unspecified atom stereocenters. The molecule has 1 N–H and O–H groups in total. The van der Waals surface area contributed by atoms with Crippen LogP contribution in [-0.2, 0) is 28.1 Å². The third-order valence-electron chi connectivity index (χ3n) is 5.99. The van der Waals surface area contributed by atoms with Crippen LogP contribution in [0.25, 0.3) is 11.1 Å². The molecule has 3 nitrogen and oxygen atoms in total. The van der Waals surface area contributed by atoms with Gasteiger partial charge in [0.05, 0.1) is 29.7 Å². The van der Waals surface area contributed by atoms with Crippen molar-refractivity contribution in [1.29, 1.82) is 0 Å². The molecule has 0 aliphatic heterocycles. The Hall–Kier alpha value is -3.77. The summed E-state index contributed by atoms with van der Waals surface area (Å²) in [5, 5.41) is 2.44. The van der Waals surface area contributed by atoms with Crippen molar-refractivity contribution >= 4 is 17.3 Å². The topological polar surface area (TPSA) is 38.3 Å². The molecule has 3 aromatic carbocycles.